The second-order valence-corrected chi connectivity index (χ2v) is 3.09. The number of pyridine rings is 1. The summed E-state index contributed by atoms with van der Waals surface area (Å²) in [5.74, 6) is 0. The minimum atomic E-state index is 0.571. The molecule has 3 heteroatoms. The van der Waals surface area contributed by atoms with Gasteiger partial charge in [-0.3, -0.25) is 4.98 Å². The molecule has 0 aliphatic carbocycles. The molecule has 1 heterocycles. The molecule has 0 saturated carbocycles. The first-order valence-electron chi connectivity index (χ1n) is 4.10. The van der Waals surface area contributed by atoms with Crippen LogP contribution in [-0.2, 0) is 0 Å². The van der Waals surface area contributed by atoms with Crippen LogP contribution in [0.5, 0.6) is 0 Å². The van der Waals surface area contributed by atoms with Crippen molar-refractivity contribution in [3.63, 3.8) is 0 Å². The van der Waals surface area contributed by atoms with Crippen LogP contribution >= 0.6 is 0 Å². The Morgan fingerprint density at radius 2 is 1.77 bits per heavy atom. The van der Waals surface area contributed by atoms with E-state index in [9.17, 15) is 0 Å². The van der Waals surface area contributed by atoms with Crippen molar-refractivity contribution in [3.05, 3.63) is 30.0 Å². The van der Waals surface area contributed by atoms with Crippen molar-refractivity contribution < 1.29 is 0 Å². The Bertz CT molecular complexity index is 458. The fourth-order valence-corrected chi connectivity index (χ4v) is 1.32. The summed E-state index contributed by atoms with van der Waals surface area (Å²) in [5.41, 5.74) is 14.4. The molecule has 0 fully saturated rings. The van der Waals surface area contributed by atoms with Gasteiger partial charge in [-0.25, -0.2) is 0 Å². The number of nitrogens with two attached hydrogens (primary N) is 2. The molecule has 3 nitrogen and oxygen atoms in total. The zero-order valence-corrected chi connectivity index (χ0v) is 7.41. The average molecular weight is 173 g/mol. The lowest BCUT2D eigenvalue weighted by atomic mass is 10.1. The smallest absolute Gasteiger partial charge is 0.0955 e. The van der Waals surface area contributed by atoms with Crippen molar-refractivity contribution in [1.29, 1.82) is 0 Å². The number of rotatable bonds is 0. The lowest BCUT2D eigenvalue weighted by Gasteiger charge is -2.04. The van der Waals surface area contributed by atoms with Crippen LogP contribution in [0.3, 0.4) is 0 Å². The number of hydrogen-bond acceptors (Lipinski definition) is 3. The Balaban J connectivity index is 2.89. The lowest BCUT2D eigenvalue weighted by Crippen LogP contribution is -1.97. The standard InChI is InChI=1S/C10H11N3/c1-6-2-3-7-4-5-8(11)9(12)10(7)13-6/h2-5H,11-12H2,1H3. The van der Waals surface area contributed by atoms with Crippen LogP contribution < -0.4 is 11.5 Å². The third-order valence-electron chi connectivity index (χ3n) is 2.07. The maximum Gasteiger partial charge on any atom is 0.0955 e. The molecule has 2 rings (SSSR count). The molecule has 2 aromatic rings. The Kier molecular flexibility index (Phi) is 1.59. The molecular formula is C10H11N3. The summed E-state index contributed by atoms with van der Waals surface area (Å²) >= 11 is 0. The van der Waals surface area contributed by atoms with Crippen LogP contribution in [0.25, 0.3) is 10.9 Å². The SMILES string of the molecule is Cc1ccc2ccc(N)c(N)c2n1. The maximum atomic E-state index is 5.80. The molecule has 0 aliphatic rings. The van der Waals surface area contributed by atoms with Gasteiger partial charge in [-0.1, -0.05) is 12.1 Å². The highest BCUT2D eigenvalue weighted by Crippen LogP contribution is 2.24. The van der Waals surface area contributed by atoms with Gasteiger partial charge in [0, 0.05) is 11.1 Å². The van der Waals surface area contributed by atoms with Gasteiger partial charge in [0.15, 0.2) is 0 Å². The molecule has 1 aromatic carbocycles. The van der Waals surface area contributed by atoms with Gasteiger partial charge in [-0.05, 0) is 19.1 Å². The van der Waals surface area contributed by atoms with Gasteiger partial charge in [0.25, 0.3) is 0 Å². The molecular weight excluding hydrogens is 162 g/mol. The number of fused-ring (bicyclic) bond motifs is 1. The van der Waals surface area contributed by atoms with Crippen LogP contribution in [0.4, 0.5) is 11.4 Å². The third-order valence-corrected chi connectivity index (χ3v) is 2.07. The van der Waals surface area contributed by atoms with Crippen molar-refractivity contribution in [1.82, 2.24) is 4.98 Å². The van der Waals surface area contributed by atoms with Crippen molar-refractivity contribution in [3.8, 4) is 0 Å². The quantitative estimate of drug-likeness (QED) is 0.596. The van der Waals surface area contributed by atoms with Gasteiger partial charge in [-0.2, -0.15) is 0 Å². The van der Waals surface area contributed by atoms with E-state index in [4.69, 9.17) is 11.5 Å². The number of nitrogens with zero attached hydrogens (tertiary/aromatic N) is 1. The minimum Gasteiger partial charge on any atom is -0.397 e. The predicted molar refractivity (Wildman–Crippen MR) is 55.3 cm³/mol. The monoisotopic (exact) mass is 173 g/mol. The van der Waals surface area contributed by atoms with Gasteiger partial charge in [0.1, 0.15) is 0 Å². The van der Waals surface area contributed by atoms with Crippen LogP contribution in [0.1, 0.15) is 5.69 Å². The minimum absolute atomic E-state index is 0.571. The van der Waals surface area contributed by atoms with Crippen LogP contribution in [0, 0.1) is 6.92 Å². The van der Waals surface area contributed by atoms with Crippen LogP contribution in [0.15, 0.2) is 24.3 Å². The van der Waals surface area contributed by atoms with E-state index in [2.05, 4.69) is 4.98 Å². The van der Waals surface area contributed by atoms with Crippen molar-refractivity contribution in [2.24, 2.45) is 0 Å². The molecule has 0 saturated heterocycles. The molecule has 66 valence electrons. The number of aromatic nitrogens is 1. The summed E-state index contributed by atoms with van der Waals surface area (Å²) < 4.78 is 0. The number of anilines is 2. The van der Waals surface area contributed by atoms with E-state index in [0.717, 1.165) is 16.6 Å². The predicted octanol–water partition coefficient (Wildman–Crippen LogP) is 1.71. The summed E-state index contributed by atoms with van der Waals surface area (Å²) in [6.07, 6.45) is 0. The Morgan fingerprint density at radius 3 is 2.54 bits per heavy atom. The zero-order valence-electron chi connectivity index (χ0n) is 7.41. The lowest BCUT2D eigenvalue weighted by molar-refractivity contribution is 1.26. The van der Waals surface area contributed by atoms with Crippen LogP contribution in [0.2, 0.25) is 0 Å². The van der Waals surface area contributed by atoms with Gasteiger partial charge in [0.2, 0.25) is 0 Å². The molecule has 0 bridgehead atoms. The first-order valence-corrected chi connectivity index (χ1v) is 4.10. The molecule has 1 aromatic heterocycles. The summed E-state index contributed by atoms with van der Waals surface area (Å²) in [4.78, 5) is 4.33. The first kappa shape index (κ1) is 7.86. The molecule has 0 amide bonds. The molecule has 4 N–H and O–H groups in total. The molecule has 13 heavy (non-hydrogen) atoms. The fourth-order valence-electron chi connectivity index (χ4n) is 1.32. The highest BCUT2D eigenvalue weighted by Gasteiger charge is 2.02. The topological polar surface area (TPSA) is 64.9 Å². The fraction of sp³-hybridized carbons (Fsp3) is 0.100. The van der Waals surface area contributed by atoms with E-state index < -0.39 is 0 Å². The van der Waals surface area contributed by atoms with Gasteiger partial charge in [-0.15, -0.1) is 0 Å². The van der Waals surface area contributed by atoms with Gasteiger partial charge < -0.3 is 11.5 Å². The Hall–Kier alpha value is -1.77. The van der Waals surface area contributed by atoms with Crippen LogP contribution in [-0.4, -0.2) is 4.98 Å². The van der Waals surface area contributed by atoms with E-state index in [-0.39, 0.29) is 0 Å². The van der Waals surface area contributed by atoms with Crippen molar-refractivity contribution >= 4 is 22.3 Å². The highest BCUT2D eigenvalue weighted by atomic mass is 14.8. The molecule has 0 atom stereocenters. The number of benzene rings is 1. The first-order chi connectivity index (χ1) is 6.18. The van der Waals surface area contributed by atoms with E-state index in [1.165, 1.54) is 0 Å². The van der Waals surface area contributed by atoms with Gasteiger partial charge in [0.05, 0.1) is 16.9 Å². The average Bonchev–Trinajstić information content (AvgIpc) is 2.12. The summed E-state index contributed by atoms with van der Waals surface area (Å²) in [7, 11) is 0. The zero-order chi connectivity index (χ0) is 9.42. The van der Waals surface area contributed by atoms with E-state index in [1.54, 1.807) is 6.07 Å². The molecule has 0 aliphatic heterocycles. The highest BCUT2D eigenvalue weighted by molar-refractivity contribution is 5.95. The van der Waals surface area contributed by atoms with Gasteiger partial charge >= 0.3 is 0 Å². The number of nitrogen functional groups attached to an aromatic ring is 2. The van der Waals surface area contributed by atoms with E-state index >= 15 is 0 Å². The summed E-state index contributed by atoms with van der Waals surface area (Å²) in [6, 6.07) is 7.67. The maximum absolute atomic E-state index is 5.80. The van der Waals surface area contributed by atoms with E-state index in [1.807, 2.05) is 25.1 Å². The second-order valence-electron chi connectivity index (χ2n) is 3.09. The Morgan fingerprint density at radius 1 is 1.08 bits per heavy atom. The Labute approximate surface area is 76.4 Å². The van der Waals surface area contributed by atoms with Crippen molar-refractivity contribution in [2.45, 2.75) is 6.92 Å². The second kappa shape index (κ2) is 2.62. The molecule has 0 radical (unpaired) electrons. The molecule has 0 unspecified atom stereocenters. The summed E-state index contributed by atoms with van der Waals surface area (Å²) in [6.45, 7) is 1.93. The van der Waals surface area contributed by atoms with Crippen molar-refractivity contribution in [2.75, 3.05) is 11.5 Å². The number of aryl methyl sites for hydroxylation is 1. The molecule has 0 spiro atoms. The largest absolute Gasteiger partial charge is 0.397 e. The van der Waals surface area contributed by atoms with E-state index in [0.29, 0.717) is 11.4 Å². The number of hydrogen-bond donors (Lipinski definition) is 2. The third kappa shape index (κ3) is 1.18. The normalized spacial score (nSPS) is 10.5. The summed E-state index contributed by atoms with van der Waals surface area (Å²) in [5, 5.41) is 1.03.